The van der Waals surface area contributed by atoms with E-state index in [9.17, 15) is 0 Å². The average molecular weight is 190 g/mol. The van der Waals surface area contributed by atoms with Gasteiger partial charge in [0.25, 0.3) is 0 Å². The van der Waals surface area contributed by atoms with Gasteiger partial charge < -0.3 is 4.74 Å². The molecule has 0 amide bonds. The molecule has 0 saturated heterocycles. The Hall–Kier alpha value is -1.24. The molecule has 0 aliphatic rings. The molecule has 0 fully saturated rings. The molecular weight excluding hydrogens is 172 g/mol. The first-order chi connectivity index (χ1) is 6.69. The highest BCUT2D eigenvalue weighted by molar-refractivity contribution is 5.63. The Morgan fingerprint density at radius 2 is 2.07 bits per heavy atom. The van der Waals surface area contributed by atoms with Crippen LogP contribution in [0.3, 0.4) is 0 Å². The summed E-state index contributed by atoms with van der Waals surface area (Å²) in [5.74, 6) is 0.977. The van der Waals surface area contributed by atoms with Crippen LogP contribution in [0.2, 0.25) is 0 Å². The lowest BCUT2D eigenvalue weighted by atomic mass is 10.0. The van der Waals surface area contributed by atoms with Crippen molar-refractivity contribution in [2.75, 3.05) is 6.61 Å². The van der Waals surface area contributed by atoms with E-state index in [-0.39, 0.29) is 0 Å². The van der Waals surface area contributed by atoms with E-state index < -0.39 is 0 Å². The highest BCUT2D eigenvalue weighted by Gasteiger charge is 2.04. The molecule has 76 valence electrons. The van der Waals surface area contributed by atoms with E-state index in [2.05, 4.69) is 32.0 Å². The van der Waals surface area contributed by atoms with Gasteiger partial charge in [0.05, 0.1) is 6.61 Å². The lowest BCUT2D eigenvalue weighted by molar-refractivity contribution is 0.297. The van der Waals surface area contributed by atoms with Gasteiger partial charge in [-0.2, -0.15) is 0 Å². The normalized spacial score (nSPS) is 11.6. The SMILES string of the molecule is CC=C(OCC)c1ccc(C)cc1C. The summed E-state index contributed by atoms with van der Waals surface area (Å²) in [6, 6.07) is 6.42. The molecule has 0 saturated carbocycles. The lowest BCUT2D eigenvalue weighted by Gasteiger charge is -2.11. The van der Waals surface area contributed by atoms with Crippen LogP contribution in [0.25, 0.3) is 5.76 Å². The number of aryl methyl sites for hydroxylation is 2. The van der Waals surface area contributed by atoms with Crippen molar-refractivity contribution in [2.45, 2.75) is 27.7 Å². The van der Waals surface area contributed by atoms with Gasteiger partial charge in [-0.3, -0.25) is 0 Å². The summed E-state index contributed by atoms with van der Waals surface area (Å²) >= 11 is 0. The minimum atomic E-state index is 0.715. The zero-order chi connectivity index (χ0) is 10.6. The molecule has 0 unspecified atom stereocenters. The van der Waals surface area contributed by atoms with Crippen LogP contribution in [0.5, 0.6) is 0 Å². The maximum absolute atomic E-state index is 5.56. The fourth-order valence-electron chi connectivity index (χ4n) is 1.56. The number of hydrogen-bond donors (Lipinski definition) is 0. The molecule has 0 heterocycles. The maximum atomic E-state index is 5.56. The van der Waals surface area contributed by atoms with Gasteiger partial charge >= 0.3 is 0 Å². The van der Waals surface area contributed by atoms with Gasteiger partial charge in [0.15, 0.2) is 0 Å². The standard InChI is InChI=1S/C13H18O/c1-5-13(14-6-2)12-8-7-10(3)9-11(12)4/h5,7-9H,6H2,1-4H3. The van der Waals surface area contributed by atoms with Crippen LogP contribution in [0.15, 0.2) is 24.3 Å². The first-order valence-electron chi connectivity index (χ1n) is 5.05. The molecule has 0 aliphatic heterocycles. The molecule has 0 spiro atoms. The molecule has 0 aliphatic carbocycles. The van der Waals surface area contributed by atoms with Crippen molar-refractivity contribution in [2.24, 2.45) is 0 Å². The molecule has 1 heteroatoms. The van der Waals surface area contributed by atoms with Crippen molar-refractivity contribution in [3.8, 4) is 0 Å². The summed E-state index contributed by atoms with van der Waals surface area (Å²) in [7, 11) is 0. The van der Waals surface area contributed by atoms with E-state index in [4.69, 9.17) is 4.74 Å². The summed E-state index contributed by atoms with van der Waals surface area (Å²) in [4.78, 5) is 0. The van der Waals surface area contributed by atoms with Crippen molar-refractivity contribution in [1.29, 1.82) is 0 Å². The first kappa shape index (κ1) is 10.8. The molecule has 1 aromatic rings. The topological polar surface area (TPSA) is 9.23 Å². The molecule has 0 bridgehead atoms. The number of ether oxygens (including phenoxy) is 1. The van der Waals surface area contributed by atoms with E-state index in [1.165, 1.54) is 16.7 Å². The fraction of sp³-hybridized carbons (Fsp3) is 0.385. The molecule has 1 nitrogen and oxygen atoms in total. The van der Waals surface area contributed by atoms with Crippen molar-refractivity contribution in [3.63, 3.8) is 0 Å². The summed E-state index contributed by atoms with van der Waals surface area (Å²) in [6.07, 6.45) is 2.02. The van der Waals surface area contributed by atoms with Gasteiger partial charge in [-0.25, -0.2) is 0 Å². The first-order valence-corrected chi connectivity index (χ1v) is 5.05. The maximum Gasteiger partial charge on any atom is 0.122 e. The van der Waals surface area contributed by atoms with Crippen LogP contribution in [-0.4, -0.2) is 6.61 Å². The largest absolute Gasteiger partial charge is 0.494 e. The Bertz CT molecular complexity index is 337. The Morgan fingerprint density at radius 1 is 1.36 bits per heavy atom. The third kappa shape index (κ3) is 2.38. The molecule has 0 atom stereocenters. The highest BCUT2D eigenvalue weighted by atomic mass is 16.5. The van der Waals surface area contributed by atoms with E-state index in [1.54, 1.807) is 0 Å². The van der Waals surface area contributed by atoms with Crippen molar-refractivity contribution < 1.29 is 4.74 Å². The van der Waals surface area contributed by atoms with Crippen LogP contribution in [0.4, 0.5) is 0 Å². The summed E-state index contributed by atoms with van der Waals surface area (Å²) < 4.78 is 5.56. The van der Waals surface area contributed by atoms with Crippen LogP contribution in [-0.2, 0) is 4.74 Å². The zero-order valence-corrected chi connectivity index (χ0v) is 9.42. The summed E-state index contributed by atoms with van der Waals surface area (Å²) in [5.41, 5.74) is 3.75. The van der Waals surface area contributed by atoms with E-state index in [0.29, 0.717) is 6.61 Å². The smallest absolute Gasteiger partial charge is 0.122 e. The lowest BCUT2D eigenvalue weighted by Crippen LogP contribution is -1.94. The Labute approximate surface area is 86.4 Å². The van der Waals surface area contributed by atoms with Gasteiger partial charge in [0.1, 0.15) is 5.76 Å². The van der Waals surface area contributed by atoms with Crippen LogP contribution >= 0.6 is 0 Å². The number of allylic oxidation sites excluding steroid dienone is 1. The minimum Gasteiger partial charge on any atom is -0.494 e. The van der Waals surface area contributed by atoms with Crippen LogP contribution in [0.1, 0.15) is 30.5 Å². The van der Waals surface area contributed by atoms with Gasteiger partial charge in [-0.05, 0) is 39.3 Å². The van der Waals surface area contributed by atoms with E-state index >= 15 is 0 Å². The zero-order valence-electron chi connectivity index (χ0n) is 9.42. The molecular formula is C13H18O. The second kappa shape index (κ2) is 4.85. The second-order valence-electron chi connectivity index (χ2n) is 3.40. The van der Waals surface area contributed by atoms with Crippen LogP contribution < -0.4 is 0 Å². The Kier molecular flexibility index (Phi) is 3.75. The summed E-state index contributed by atoms with van der Waals surface area (Å²) in [5, 5.41) is 0. The molecule has 1 aromatic carbocycles. The second-order valence-corrected chi connectivity index (χ2v) is 3.40. The monoisotopic (exact) mass is 190 g/mol. The van der Waals surface area contributed by atoms with Gasteiger partial charge in [-0.1, -0.05) is 23.8 Å². The Balaban J connectivity index is 3.05. The minimum absolute atomic E-state index is 0.715. The number of benzene rings is 1. The Morgan fingerprint density at radius 3 is 2.57 bits per heavy atom. The molecule has 0 radical (unpaired) electrons. The van der Waals surface area contributed by atoms with Gasteiger partial charge in [0.2, 0.25) is 0 Å². The predicted molar refractivity (Wildman–Crippen MR) is 61.2 cm³/mol. The molecule has 0 aromatic heterocycles. The van der Waals surface area contributed by atoms with Gasteiger partial charge in [-0.15, -0.1) is 0 Å². The third-order valence-electron chi connectivity index (χ3n) is 2.21. The summed E-state index contributed by atoms with van der Waals surface area (Å²) in [6.45, 7) is 8.95. The fourth-order valence-corrected chi connectivity index (χ4v) is 1.56. The molecule has 14 heavy (non-hydrogen) atoms. The predicted octanol–water partition coefficient (Wildman–Crippen LogP) is 3.70. The van der Waals surface area contributed by atoms with E-state index in [0.717, 1.165) is 5.76 Å². The van der Waals surface area contributed by atoms with Crippen molar-refractivity contribution >= 4 is 5.76 Å². The highest BCUT2D eigenvalue weighted by Crippen LogP contribution is 2.20. The number of rotatable bonds is 3. The van der Waals surface area contributed by atoms with Gasteiger partial charge in [0, 0.05) is 5.56 Å². The molecule has 1 rings (SSSR count). The van der Waals surface area contributed by atoms with Crippen molar-refractivity contribution in [1.82, 2.24) is 0 Å². The third-order valence-corrected chi connectivity index (χ3v) is 2.21. The quantitative estimate of drug-likeness (QED) is 0.660. The van der Waals surface area contributed by atoms with Crippen LogP contribution in [0, 0.1) is 13.8 Å². The van der Waals surface area contributed by atoms with Crippen molar-refractivity contribution in [3.05, 3.63) is 41.0 Å². The average Bonchev–Trinajstić information content (AvgIpc) is 2.15. The molecule has 0 N–H and O–H groups in total. The van der Waals surface area contributed by atoms with E-state index in [1.807, 2.05) is 19.9 Å². The number of hydrogen-bond acceptors (Lipinski definition) is 1.